The van der Waals surface area contributed by atoms with Gasteiger partial charge < -0.3 is 0 Å². The van der Waals surface area contributed by atoms with E-state index in [1.165, 1.54) is 22.3 Å². The Bertz CT molecular complexity index is 837. The molecule has 0 spiro atoms. The van der Waals surface area contributed by atoms with Crippen molar-refractivity contribution in [2.45, 2.75) is 32.9 Å². The van der Waals surface area contributed by atoms with Crippen molar-refractivity contribution >= 4 is 29.2 Å². The Morgan fingerprint density at radius 1 is 0.880 bits per heavy atom. The molecule has 0 saturated heterocycles. The molecule has 0 fully saturated rings. The predicted octanol–water partition coefficient (Wildman–Crippen LogP) is 7.62. The summed E-state index contributed by atoms with van der Waals surface area (Å²) in [6, 6.07) is 17.2. The third-order valence-electron chi connectivity index (χ3n) is 5.69. The minimum atomic E-state index is -3.31. The fraction of sp³-hybridized carbons (Fsp3) is 0.273. The second kappa shape index (κ2) is 7.18. The summed E-state index contributed by atoms with van der Waals surface area (Å²) in [5, 5.41) is 0. The quantitative estimate of drug-likeness (QED) is 0.441. The van der Waals surface area contributed by atoms with Crippen LogP contribution in [0.5, 0.6) is 0 Å². The van der Waals surface area contributed by atoms with E-state index in [2.05, 4.69) is 79.8 Å². The molecule has 3 atom stereocenters. The van der Waals surface area contributed by atoms with Crippen LogP contribution in [0.15, 0.2) is 60.7 Å². The Morgan fingerprint density at radius 2 is 1.48 bits per heavy atom. The van der Waals surface area contributed by atoms with E-state index in [0.29, 0.717) is 9.54 Å². The average molecular weight is 449 g/mol. The molecule has 0 aromatic heterocycles. The number of benzene rings is 2. The first-order valence-electron chi connectivity index (χ1n) is 8.99. The normalized spacial score (nSPS) is 22.0. The van der Waals surface area contributed by atoms with Crippen molar-refractivity contribution in [3.63, 3.8) is 0 Å². The number of fused-ring (bicyclic) bond motifs is 2. The van der Waals surface area contributed by atoms with E-state index in [1.807, 2.05) is 0 Å². The van der Waals surface area contributed by atoms with Crippen LogP contribution >= 0.6 is 17.0 Å². The molecule has 0 aliphatic heterocycles. The molecule has 0 heterocycles. The van der Waals surface area contributed by atoms with Crippen LogP contribution in [0.4, 0.5) is 0 Å². The van der Waals surface area contributed by atoms with E-state index >= 15 is 0 Å². The standard InChI is InChI=1S/C13H15.C9H7.2ClH.Zr/c1-2-3-6-11-9-10-12-7-4-5-8-13(11)12;1-2-5-9-7-3-6-8(9)4-1;;;/h2,4-5,7-11H,3,6H2,1H3;1-7H;2*1H;/q;;;;+2/p-2. The van der Waals surface area contributed by atoms with Crippen molar-refractivity contribution in [1.29, 1.82) is 0 Å². The zero-order valence-corrected chi connectivity index (χ0v) is 18.3. The summed E-state index contributed by atoms with van der Waals surface area (Å²) in [6.07, 6.45) is 11.3. The summed E-state index contributed by atoms with van der Waals surface area (Å²) in [5.41, 5.74) is 5.43. The molecule has 0 radical (unpaired) electrons. The van der Waals surface area contributed by atoms with E-state index in [-0.39, 0.29) is 3.63 Å². The molecular formula is C22H22Cl2Zr. The topological polar surface area (TPSA) is 0 Å². The molecule has 0 amide bonds. The zero-order chi connectivity index (χ0) is 17.4. The third-order valence-corrected chi connectivity index (χ3v) is 20.1. The summed E-state index contributed by atoms with van der Waals surface area (Å²) in [7, 11) is 14.2. The van der Waals surface area contributed by atoms with Crippen molar-refractivity contribution < 1.29 is 17.9 Å². The number of allylic oxidation sites excluding steroid dienone is 2. The molecule has 3 unspecified atom stereocenters. The van der Waals surface area contributed by atoms with Crippen LogP contribution in [0.25, 0.3) is 12.2 Å². The molecule has 0 nitrogen and oxygen atoms in total. The average Bonchev–Trinajstić information content (AvgIpc) is 3.24. The van der Waals surface area contributed by atoms with Gasteiger partial charge in [0.15, 0.2) is 0 Å². The number of halogens is 2. The number of hydrogen-bond acceptors (Lipinski definition) is 0. The van der Waals surface area contributed by atoms with Gasteiger partial charge >= 0.3 is 163 Å². The van der Waals surface area contributed by atoms with E-state index < -0.39 is 17.9 Å². The second-order valence-electron chi connectivity index (χ2n) is 7.21. The summed E-state index contributed by atoms with van der Waals surface area (Å²) in [5.74, 6) is 0.514. The van der Waals surface area contributed by atoms with Gasteiger partial charge in [-0.2, -0.15) is 0 Å². The van der Waals surface area contributed by atoms with Crippen LogP contribution in [-0.2, 0) is 17.9 Å². The minimum absolute atomic E-state index is 0.273. The fourth-order valence-electron chi connectivity index (χ4n) is 4.09. The molecule has 2 aliphatic rings. The fourth-order valence-corrected chi connectivity index (χ4v) is 13.0. The van der Waals surface area contributed by atoms with Gasteiger partial charge in [-0.3, -0.25) is 0 Å². The van der Waals surface area contributed by atoms with Gasteiger partial charge in [-0.15, -0.1) is 0 Å². The van der Waals surface area contributed by atoms with Crippen LogP contribution in [-0.4, -0.2) is 0 Å². The zero-order valence-electron chi connectivity index (χ0n) is 14.3. The molecule has 4 rings (SSSR count). The molecule has 0 bridgehead atoms. The SMILES string of the molecule is C[CH](CCC1C=Cc2ccccc21)[Zr]([Cl])([Cl])[CH]1C=Cc2ccccc21. The van der Waals surface area contributed by atoms with Gasteiger partial charge in [0.25, 0.3) is 0 Å². The Labute approximate surface area is 162 Å². The van der Waals surface area contributed by atoms with E-state index in [4.69, 9.17) is 17.0 Å². The number of hydrogen-bond donors (Lipinski definition) is 0. The molecule has 25 heavy (non-hydrogen) atoms. The molecule has 2 aromatic rings. The maximum atomic E-state index is 7.11. The van der Waals surface area contributed by atoms with Gasteiger partial charge in [-0.1, -0.05) is 0 Å². The van der Waals surface area contributed by atoms with Crippen LogP contribution in [0.2, 0.25) is 3.63 Å². The molecule has 2 aromatic carbocycles. The van der Waals surface area contributed by atoms with Gasteiger partial charge in [0.1, 0.15) is 0 Å². The Hall–Kier alpha value is -0.617. The molecular weight excluding hydrogens is 426 g/mol. The molecule has 3 heteroatoms. The van der Waals surface area contributed by atoms with E-state index in [0.717, 1.165) is 12.8 Å². The van der Waals surface area contributed by atoms with Crippen molar-refractivity contribution in [3.05, 3.63) is 82.9 Å². The van der Waals surface area contributed by atoms with Crippen molar-refractivity contribution in [1.82, 2.24) is 0 Å². The Kier molecular flexibility index (Phi) is 5.11. The Morgan fingerprint density at radius 3 is 2.24 bits per heavy atom. The van der Waals surface area contributed by atoms with E-state index in [9.17, 15) is 0 Å². The molecule has 0 N–H and O–H groups in total. The molecule has 128 valence electrons. The van der Waals surface area contributed by atoms with Gasteiger partial charge in [0, 0.05) is 0 Å². The summed E-state index contributed by atoms with van der Waals surface area (Å²) in [4.78, 5) is 0. The predicted molar refractivity (Wildman–Crippen MR) is 107 cm³/mol. The first kappa shape index (κ1) is 17.8. The van der Waals surface area contributed by atoms with Gasteiger partial charge in [0.05, 0.1) is 0 Å². The van der Waals surface area contributed by atoms with Crippen molar-refractivity contribution in [2.24, 2.45) is 0 Å². The molecule has 2 aliphatic carbocycles. The van der Waals surface area contributed by atoms with Crippen molar-refractivity contribution in [3.8, 4) is 0 Å². The van der Waals surface area contributed by atoms with Crippen molar-refractivity contribution in [2.75, 3.05) is 0 Å². The van der Waals surface area contributed by atoms with Crippen LogP contribution < -0.4 is 0 Å². The monoisotopic (exact) mass is 446 g/mol. The first-order valence-corrected chi connectivity index (χ1v) is 18.2. The van der Waals surface area contributed by atoms with Gasteiger partial charge in [-0.05, 0) is 0 Å². The van der Waals surface area contributed by atoms with Crippen LogP contribution in [0, 0.1) is 0 Å². The first-order chi connectivity index (χ1) is 12.1. The van der Waals surface area contributed by atoms with Gasteiger partial charge in [0.2, 0.25) is 0 Å². The second-order valence-corrected chi connectivity index (χ2v) is 23.0. The number of rotatable bonds is 5. The maximum absolute atomic E-state index is 7.11. The summed E-state index contributed by atoms with van der Waals surface area (Å²) < 4.78 is 0.690. The summed E-state index contributed by atoms with van der Waals surface area (Å²) >= 11 is -3.31. The van der Waals surface area contributed by atoms with Crippen LogP contribution in [0.1, 0.15) is 51.6 Å². The third kappa shape index (κ3) is 3.36. The Balaban J connectivity index is 1.46. The van der Waals surface area contributed by atoms with Gasteiger partial charge in [-0.25, -0.2) is 0 Å². The molecule has 0 saturated carbocycles. The van der Waals surface area contributed by atoms with E-state index in [1.54, 1.807) is 0 Å². The van der Waals surface area contributed by atoms with Crippen LogP contribution in [0.3, 0.4) is 0 Å². The summed E-state index contributed by atoms with van der Waals surface area (Å²) in [6.45, 7) is 2.27.